The summed E-state index contributed by atoms with van der Waals surface area (Å²) >= 11 is 0.841. The maximum atomic E-state index is 2.31. The summed E-state index contributed by atoms with van der Waals surface area (Å²) in [4.78, 5) is 4.62. The second-order valence-corrected chi connectivity index (χ2v) is 9.41. The minimum atomic E-state index is 0.420. The van der Waals surface area contributed by atoms with Crippen LogP contribution in [0.1, 0.15) is 20.0 Å². The zero-order chi connectivity index (χ0) is 16.2. The molecule has 24 heavy (non-hydrogen) atoms. The van der Waals surface area contributed by atoms with E-state index in [0.717, 1.165) is 0 Å². The Labute approximate surface area is 154 Å². The zero-order valence-electron chi connectivity index (χ0n) is 13.1. The molecule has 0 aliphatic carbocycles. The van der Waals surface area contributed by atoms with Crippen LogP contribution in [0.3, 0.4) is 0 Å². The number of rotatable bonds is 4. The average Bonchev–Trinajstić information content (AvgIpc) is 3.35. The van der Waals surface area contributed by atoms with Gasteiger partial charge in [0.1, 0.15) is 0 Å². The Bertz CT molecular complexity index is 839. The van der Waals surface area contributed by atoms with Gasteiger partial charge in [0.2, 0.25) is 0 Å². The standard InChI is InChI=1S/C22H16Se2/c1-3-9-17(10-4-1)21(18-11-5-2-6-12-18)22(19-13-7-15-23-19)20-14-8-16-24-20/h1-16H. The molecule has 0 spiro atoms. The predicted octanol–water partition coefficient (Wildman–Crippen LogP) is 4.81. The van der Waals surface area contributed by atoms with Crippen LogP contribution in [0.25, 0.3) is 11.1 Å². The third kappa shape index (κ3) is 3.20. The zero-order valence-corrected chi connectivity index (χ0v) is 16.5. The summed E-state index contributed by atoms with van der Waals surface area (Å²) < 4.78 is 2.98. The molecule has 0 N–H and O–H groups in total. The fraction of sp³-hybridized carbons (Fsp3) is 0. The van der Waals surface area contributed by atoms with Gasteiger partial charge in [0.05, 0.1) is 0 Å². The van der Waals surface area contributed by atoms with Crippen LogP contribution in [0.15, 0.2) is 94.8 Å². The van der Waals surface area contributed by atoms with Gasteiger partial charge in [0.25, 0.3) is 0 Å². The first-order valence-electron chi connectivity index (χ1n) is 7.86. The third-order valence-electron chi connectivity index (χ3n) is 3.91. The van der Waals surface area contributed by atoms with Gasteiger partial charge in [-0.25, -0.2) is 0 Å². The van der Waals surface area contributed by atoms with Crippen LogP contribution >= 0.6 is 0 Å². The van der Waals surface area contributed by atoms with Gasteiger partial charge in [-0.1, -0.05) is 0 Å². The third-order valence-corrected chi connectivity index (χ3v) is 7.63. The van der Waals surface area contributed by atoms with Crippen molar-refractivity contribution >= 4 is 40.2 Å². The Morgan fingerprint density at radius 1 is 0.458 bits per heavy atom. The van der Waals surface area contributed by atoms with Crippen molar-refractivity contribution in [3.63, 3.8) is 0 Å². The molecule has 2 aromatic heterocycles. The molecule has 0 aliphatic rings. The molecule has 0 saturated carbocycles. The van der Waals surface area contributed by atoms with Gasteiger partial charge in [-0.3, -0.25) is 0 Å². The van der Waals surface area contributed by atoms with Crippen LogP contribution in [0.4, 0.5) is 0 Å². The molecule has 4 rings (SSSR count). The summed E-state index contributed by atoms with van der Waals surface area (Å²) in [5.74, 6) is 0. The molecule has 0 aliphatic heterocycles. The van der Waals surface area contributed by atoms with Crippen molar-refractivity contribution in [2.24, 2.45) is 0 Å². The molecule has 2 aromatic carbocycles. The Balaban J connectivity index is 2.07. The van der Waals surface area contributed by atoms with Gasteiger partial charge in [0.15, 0.2) is 0 Å². The molecule has 0 saturated heterocycles. The molecule has 2 heterocycles. The van der Waals surface area contributed by atoms with Crippen molar-refractivity contribution in [2.45, 2.75) is 0 Å². The molecule has 0 atom stereocenters. The molecule has 0 fully saturated rings. The Morgan fingerprint density at radius 2 is 0.917 bits per heavy atom. The van der Waals surface area contributed by atoms with Gasteiger partial charge in [-0.15, -0.1) is 0 Å². The molecular weight excluding hydrogens is 422 g/mol. The first-order valence-corrected chi connectivity index (χ1v) is 11.6. The van der Waals surface area contributed by atoms with E-state index in [1.54, 1.807) is 0 Å². The van der Waals surface area contributed by atoms with Crippen molar-refractivity contribution < 1.29 is 0 Å². The first-order chi connectivity index (χ1) is 11.9. The molecule has 2 heteroatoms. The van der Waals surface area contributed by atoms with E-state index in [0.29, 0.717) is 29.0 Å². The summed E-state index contributed by atoms with van der Waals surface area (Å²) in [6.07, 6.45) is 0. The van der Waals surface area contributed by atoms with E-state index in [9.17, 15) is 0 Å². The van der Waals surface area contributed by atoms with E-state index in [1.807, 2.05) is 0 Å². The van der Waals surface area contributed by atoms with E-state index in [2.05, 4.69) is 94.8 Å². The summed E-state index contributed by atoms with van der Waals surface area (Å²) in [5.41, 5.74) is 5.41. The second kappa shape index (κ2) is 7.38. The fourth-order valence-corrected chi connectivity index (χ4v) is 6.52. The molecule has 0 bridgehead atoms. The van der Waals surface area contributed by atoms with E-state index in [1.165, 1.54) is 31.1 Å². The van der Waals surface area contributed by atoms with Crippen LogP contribution < -0.4 is 0 Å². The quantitative estimate of drug-likeness (QED) is 0.402. The van der Waals surface area contributed by atoms with Gasteiger partial charge in [0, 0.05) is 0 Å². The van der Waals surface area contributed by atoms with Gasteiger partial charge in [-0.2, -0.15) is 0 Å². The maximum absolute atomic E-state index is 2.31. The fourth-order valence-electron chi connectivity index (χ4n) is 2.87. The van der Waals surface area contributed by atoms with E-state index < -0.39 is 0 Å². The van der Waals surface area contributed by atoms with E-state index >= 15 is 0 Å². The summed E-state index contributed by atoms with van der Waals surface area (Å²) in [6.45, 7) is 0. The van der Waals surface area contributed by atoms with Crippen LogP contribution in [0.5, 0.6) is 0 Å². The van der Waals surface area contributed by atoms with Crippen LogP contribution in [0.2, 0.25) is 0 Å². The molecule has 0 radical (unpaired) electrons. The molecule has 0 unspecified atom stereocenters. The monoisotopic (exact) mass is 440 g/mol. The summed E-state index contributed by atoms with van der Waals surface area (Å²) in [7, 11) is 0. The SMILES string of the molecule is c1ccc(C(=C(c2ccc[se]2)c2ccc[se]2)c2ccccc2)cc1. The van der Waals surface area contributed by atoms with Crippen molar-refractivity contribution in [3.05, 3.63) is 115 Å². The summed E-state index contributed by atoms with van der Waals surface area (Å²) in [5, 5.41) is 0. The normalized spacial score (nSPS) is 10.5. The van der Waals surface area contributed by atoms with Gasteiger partial charge < -0.3 is 0 Å². The Morgan fingerprint density at radius 3 is 1.29 bits per heavy atom. The number of benzene rings is 2. The van der Waals surface area contributed by atoms with Crippen molar-refractivity contribution in [2.75, 3.05) is 0 Å². The molecular formula is C22H16Se2. The van der Waals surface area contributed by atoms with Gasteiger partial charge in [-0.05, 0) is 0 Å². The van der Waals surface area contributed by atoms with Crippen LogP contribution in [-0.4, -0.2) is 29.0 Å². The van der Waals surface area contributed by atoms with Crippen molar-refractivity contribution in [1.29, 1.82) is 0 Å². The first kappa shape index (κ1) is 15.7. The molecule has 116 valence electrons. The summed E-state index contributed by atoms with van der Waals surface area (Å²) in [6, 6.07) is 30.7. The predicted molar refractivity (Wildman–Crippen MR) is 105 cm³/mol. The average molecular weight is 438 g/mol. The molecule has 0 nitrogen and oxygen atoms in total. The van der Waals surface area contributed by atoms with Crippen LogP contribution in [0, 0.1) is 0 Å². The molecule has 4 aromatic rings. The topological polar surface area (TPSA) is 0 Å². The Hall–Kier alpha value is -1.82. The number of hydrogen-bond donors (Lipinski definition) is 0. The Kier molecular flexibility index (Phi) is 4.83. The van der Waals surface area contributed by atoms with Crippen molar-refractivity contribution in [3.8, 4) is 0 Å². The van der Waals surface area contributed by atoms with E-state index in [-0.39, 0.29) is 0 Å². The minimum absolute atomic E-state index is 0.420. The number of hydrogen-bond acceptors (Lipinski definition) is 0. The van der Waals surface area contributed by atoms with Crippen LogP contribution in [-0.2, 0) is 0 Å². The van der Waals surface area contributed by atoms with E-state index in [4.69, 9.17) is 0 Å². The second-order valence-electron chi connectivity index (χ2n) is 5.44. The molecule has 0 amide bonds. The van der Waals surface area contributed by atoms with Crippen molar-refractivity contribution in [1.82, 2.24) is 0 Å². The van der Waals surface area contributed by atoms with Gasteiger partial charge >= 0.3 is 155 Å².